The number of hydrogen-bond acceptors (Lipinski definition) is 6. The minimum Gasteiger partial charge on any atom is -0.492 e. The molecule has 1 fully saturated rings. The Morgan fingerprint density at radius 1 is 1.10 bits per heavy atom. The van der Waals surface area contributed by atoms with Crippen molar-refractivity contribution < 1.29 is 23.4 Å². The Morgan fingerprint density at radius 2 is 1.93 bits per heavy atom. The number of nitrogens with one attached hydrogen (secondary N) is 2. The van der Waals surface area contributed by atoms with Gasteiger partial charge in [-0.2, -0.15) is 5.26 Å². The first-order valence-electron chi connectivity index (χ1n) is 12.6. The van der Waals surface area contributed by atoms with Crippen molar-refractivity contribution in [3.05, 3.63) is 87.3 Å². The van der Waals surface area contributed by atoms with E-state index in [-0.39, 0.29) is 39.2 Å². The van der Waals surface area contributed by atoms with Gasteiger partial charge in [0, 0.05) is 47.7 Å². The summed E-state index contributed by atoms with van der Waals surface area (Å²) in [6, 6.07) is 16.5. The summed E-state index contributed by atoms with van der Waals surface area (Å²) in [6.45, 7) is 4.55. The molecule has 1 saturated heterocycles. The van der Waals surface area contributed by atoms with Gasteiger partial charge in [-0.3, -0.25) is 9.69 Å². The molecule has 5 rings (SSSR count). The van der Waals surface area contributed by atoms with Gasteiger partial charge in [-0.05, 0) is 48.5 Å². The Hall–Kier alpha value is -3.81. The maximum atomic E-state index is 15.3. The van der Waals surface area contributed by atoms with Crippen LogP contribution in [0.25, 0.3) is 10.9 Å². The first kappa shape index (κ1) is 27.7. The highest BCUT2D eigenvalue weighted by Gasteiger charge is 2.18. The van der Waals surface area contributed by atoms with Crippen LogP contribution in [-0.2, 0) is 11.3 Å². The zero-order valence-corrected chi connectivity index (χ0v) is 22.8. The maximum absolute atomic E-state index is 15.3. The fraction of sp³-hybridized carbons (Fsp3) is 0.241. The largest absolute Gasteiger partial charge is 0.492 e. The normalized spacial score (nSPS) is 13.7. The van der Waals surface area contributed by atoms with E-state index < -0.39 is 11.7 Å². The van der Waals surface area contributed by atoms with Crippen LogP contribution >= 0.6 is 23.2 Å². The van der Waals surface area contributed by atoms with E-state index in [1.807, 2.05) is 24.3 Å². The topological polar surface area (TPSA) is 99.6 Å². The van der Waals surface area contributed by atoms with Gasteiger partial charge in [0.05, 0.1) is 29.9 Å². The molecule has 206 valence electrons. The van der Waals surface area contributed by atoms with E-state index in [4.69, 9.17) is 42.7 Å². The van der Waals surface area contributed by atoms with Crippen LogP contribution < -0.4 is 14.8 Å². The summed E-state index contributed by atoms with van der Waals surface area (Å²) in [5.74, 6) is -0.498. The van der Waals surface area contributed by atoms with Crippen molar-refractivity contribution in [2.24, 2.45) is 0 Å². The molecule has 3 aromatic carbocycles. The molecule has 0 unspecified atom stereocenters. The number of H-pyrrole nitrogens is 1. The average Bonchev–Trinajstić information content (AvgIpc) is 3.39. The van der Waals surface area contributed by atoms with Crippen molar-refractivity contribution in [3.8, 4) is 23.3 Å². The molecule has 0 radical (unpaired) electrons. The van der Waals surface area contributed by atoms with E-state index in [9.17, 15) is 4.79 Å². The molecule has 1 aliphatic rings. The highest BCUT2D eigenvalue weighted by molar-refractivity contribution is 6.32. The van der Waals surface area contributed by atoms with Crippen molar-refractivity contribution in [1.82, 2.24) is 15.2 Å². The fourth-order valence-corrected chi connectivity index (χ4v) is 4.73. The van der Waals surface area contributed by atoms with E-state index >= 15 is 4.39 Å². The molecular weight excluding hydrogens is 558 g/mol. The Morgan fingerprint density at radius 3 is 2.73 bits per heavy atom. The number of amides is 1. The van der Waals surface area contributed by atoms with Crippen LogP contribution in [-0.4, -0.2) is 55.2 Å². The van der Waals surface area contributed by atoms with E-state index in [0.29, 0.717) is 18.1 Å². The monoisotopic (exact) mass is 582 g/mol. The second-order valence-electron chi connectivity index (χ2n) is 9.16. The van der Waals surface area contributed by atoms with Gasteiger partial charge in [0.25, 0.3) is 5.91 Å². The van der Waals surface area contributed by atoms with Crippen LogP contribution in [0.2, 0.25) is 10.0 Å². The van der Waals surface area contributed by atoms with Gasteiger partial charge >= 0.3 is 0 Å². The number of carbonyl (C=O) groups excluding carboxylic acids is 1. The molecule has 1 amide bonds. The second-order valence-corrected chi connectivity index (χ2v) is 10.00. The summed E-state index contributed by atoms with van der Waals surface area (Å²) in [6.07, 6.45) is 0. The van der Waals surface area contributed by atoms with E-state index in [1.54, 1.807) is 6.07 Å². The molecule has 1 aliphatic heterocycles. The number of ether oxygens (including phenoxy) is 3. The molecule has 40 heavy (non-hydrogen) atoms. The number of aromatic amines is 1. The fourth-order valence-electron chi connectivity index (χ4n) is 4.32. The van der Waals surface area contributed by atoms with Crippen molar-refractivity contribution in [2.75, 3.05) is 39.5 Å². The summed E-state index contributed by atoms with van der Waals surface area (Å²) in [5.41, 5.74) is 1.53. The van der Waals surface area contributed by atoms with E-state index in [2.05, 4.69) is 15.2 Å². The third kappa shape index (κ3) is 6.66. The minimum atomic E-state index is -0.734. The number of nitriles is 1. The van der Waals surface area contributed by atoms with Crippen LogP contribution in [0.5, 0.6) is 17.2 Å². The molecule has 8 nitrogen and oxygen atoms in total. The molecule has 2 heterocycles. The van der Waals surface area contributed by atoms with Gasteiger partial charge in [-0.15, -0.1) is 0 Å². The predicted molar refractivity (Wildman–Crippen MR) is 150 cm³/mol. The van der Waals surface area contributed by atoms with E-state index in [1.165, 1.54) is 30.3 Å². The molecule has 1 aromatic heterocycles. The number of hydrogen-bond donors (Lipinski definition) is 2. The number of rotatable bonds is 9. The molecule has 2 N–H and O–H groups in total. The molecule has 0 saturated carbocycles. The summed E-state index contributed by atoms with van der Waals surface area (Å²) in [7, 11) is 0. The number of fused-ring (bicyclic) bond motifs is 1. The van der Waals surface area contributed by atoms with Crippen molar-refractivity contribution in [1.29, 1.82) is 5.26 Å². The highest BCUT2D eigenvalue weighted by atomic mass is 35.5. The van der Waals surface area contributed by atoms with Crippen LogP contribution in [0.4, 0.5) is 4.39 Å². The SMILES string of the molecule is N#Cc1cc(Cl)cc(Oc2c(Cl)ccc(CNC(=O)c3cc4cc(OCCN5CCOCC5)ccc4[nH]3)c2F)c1. The van der Waals surface area contributed by atoms with Crippen molar-refractivity contribution in [3.63, 3.8) is 0 Å². The summed E-state index contributed by atoms with van der Waals surface area (Å²) >= 11 is 12.2. The highest BCUT2D eigenvalue weighted by Crippen LogP contribution is 2.35. The molecular formula is C29H25Cl2FN4O4. The number of aromatic nitrogens is 1. The van der Waals surface area contributed by atoms with Gasteiger partial charge in [0.1, 0.15) is 23.8 Å². The first-order chi connectivity index (χ1) is 19.4. The zero-order chi connectivity index (χ0) is 28.1. The second kappa shape index (κ2) is 12.6. The lowest BCUT2D eigenvalue weighted by Crippen LogP contribution is -2.38. The van der Waals surface area contributed by atoms with E-state index in [0.717, 1.165) is 43.8 Å². The van der Waals surface area contributed by atoms with Crippen LogP contribution in [0.15, 0.2) is 54.6 Å². The van der Waals surface area contributed by atoms with Gasteiger partial charge in [0.2, 0.25) is 0 Å². The first-order valence-corrected chi connectivity index (χ1v) is 13.3. The lowest BCUT2D eigenvalue weighted by Gasteiger charge is -2.26. The lowest BCUT2D eigenvalue weighted by molar-refractivity contribution is 0.0322. The van der Waals surface area contributed by atoms with Crippen molar-refractivity contribution in [2.45, 2.75) is 6.54 Å². The zero-order valence-electron chi connectivity index (χ0n) is 21.3. The molecule has 0 atom stereocenters. The smallest absolute Gasteiger partial charge is 0.267 e. The van der Waals surface area contributed by atoms with Gasteiger partial charge < -0.3 is 24.5 Å². The number of morpholine rings is 1. The Labute approximate surface area is 240 Å². The van der Waals surface area contributed by atoms with Gasteiger partial charge in [0.15, 0.2) is 11.6 Å². The summed E-state index contributed by atoms with van der Waals surface area (Å²) in [5, 5.41) is 13.0. The summed E-state index contributed by atoms with van der Waals surface area (Å²) < 4.78 is 32.2. The van der Waals surface area contributed by atoms with Gasteiger partial charge in [-0.1, -0.05) is 29.3 Å². The quantitative estimate of drug-likeness (QED) is 0.254. The number of halogens is 3. The number of benzene rings is 3. The predicted octanol–water partition coefficient (Wildman–Crippen LogP) is 5.92. The maximum Gasteiger partial charge on any atom is 0.267 e. The third-order valence-electron chi connectivity index (χ3n) is 6.41. The molecule has 0 bridgehead atoms. The standard InChI is InChI=1S/C29H25Cl2FN4O4/c30-21-11-18(16-33)12-23(15-21)40-28-24(31)3-1-19(27(28)32)17-34-29(37)26-14-20-13-22(2-4-25(20)35-26)39-10-7-36-5-8-38-9-6-36/h1-4,11-15,35H,5-10,17H2,(H,34,37). The Kier molecular flexibility index (Phi) is 8.72. The molecule has 0 spiro atoms. The summed E-state index contributed by atoms with van der Waals surface area (Å²) in [4.78, 5) is 18.2. The number of carbonyl (C=O) groups is 1. The third-order valence-corrected chi connectivity index (χ3v) is 6.92. The number of nitrogens with zero attached hydrogens (tertiary/aromatic N) is 2. The molecule has 4 aromatic rings. The van der Waals surface area contributed by atoms with Crippen LogP contribution in [0, 0.1) is 17.1 Å². The molecule has 0 aliphatic carbocycles. The Balaban J connectivity index is 1.22. The minimum absolute atomic E-state index is 0.0321. The average molecular weight is 583 g/mol. The van der Waals surface area contributed by atoms with Gasteiger partial charge in [-0.25, -0.2) is 4.39 Å². The van der Waals surface area contributed by atoms with Crippen LogP contribution in [0.3, 0.4) is 0 Å². The molecule has 11 heteroatoms. The lowest BCUT2D eigenvalue weighted by atomic mass is 10.2. The van der Waals surface area contributed by atoms with Crippen molar-refractivity contribution >= 4 is 40.0 Å². The van der Waals surface area contributed by atoms with Crippen LogP contribution in [0.1, 0.15) is 21.6 Å². The Bertz CT molecular complexity index is 1580.